The first-order valence-electron chi connectivity index (χ1n) is 4.74. The molecule has 17 heavy (non-hydrogen) atoms. The molecule has 1 aliphatic heterocycles. The second-order valence-electron chi connectivity index (χ2n) is 3.36. The van der Waals surface area contributed by atoms with Crippen molar-refractivity contribution in [3.63, 3.8) is 0 Å². The summed E-state index contributed by atoms with van der Waals surface area (Å²) in [4.78, 5) is 32.2. The number of halogens is 1. The number of carbonyl (C=O) groups is 2. The summed E-state index contributed by atoms with van der Waals surface area (Å²) in [5.74, 6) is -0.207. The fourth-order valence-electron chi connectivity index (χ4n) is 1.44. The zero-order valence-electron chi connectivity index (χ0n) is 8.94. The van der Waals surface area contributed by atoms with E-state index in [9.17, 15) is 9.59 Å². The van der Waals surface area contributed by atoms with Crippen molar-refractivity contribution in [2.75, 3.05) is 24.2 Å². The molecule has 0 atom stereocenters. The van der Waals surface area contributed by atoms with Crippen molar-refractivity contribution in [1.82, 2.24) is 15.3 Å². The quantitative estimate of drug-likeness (QED) is 0.362. The minimum Gasteiger partial charge on any atom is -0.338 e. The molecule has 0 spiro atoms. The van der Waals surface area contributed by atoms with Gasteiger partial charge in [-0.15, -0.1) is 0 Å². The summed E-state index contributed by atoms with van der Waals surface area (Å²) in [6.45, 7) is 0.180. The average molecular weight is 273 g/mol. The number of hydrogen-bond donors (Lipinski definition) is 1. The van der Waals surface area contributed by atoms with Gasteiger partial charge in [0.15, 0.2) is 5.16 Å². The molecule has 2 amide bonds. The van der Waals surface area contributed by atoms with Crippen LogP contribution in [0.3, 0.4) is 0 Å². The SMILES string of the molecule is CSc1nc(Cl)cc(N2CC(=O)NC(=O)C2)n1. The van der Waals surface area contributed by atoms with E-state index < -0.39 is 0 Å². The number of aromatic nitrogens is 2. The van der Waals surface area contributed by atoms with E-state index in [0.29, 0.717) is 11.0 Å². The summed E-state index contributed by atoms with van der Waals surface area (Å²) >= 11 is 7.19. The first-order chi connectivity index (χ1) is 8.08. The van der Waals surface area contributed by atoms with E-state index in [0.717, 1.165) is 0 Å². The normalized spacial score (nSPS) is 16.0. The Labute approximate surface area is 107 Å². The third-order valence-corrected chi connectivity index (χ3v) is 2.86. The maximum Gasteiger partial charge on any atom is 0.246 e. The Morgan fingerprint density at radius 1 is 1.35 bits per heavy atom. The average Bonchev–Trinajstić information content (AvgIpc) is 2.26. The van der Waals surface area contributed by atoms with E-state index in [4.69, 9.17) is 11.6 Å². The molecule has 6 nitrogen and oxygen atoms in total. The van der Waals surface area contributed by atoms with Crippen molar-refractivity contribution in [2.45, 2.75) is 5.16 Å². The van der Waals surface area contributed by atoms with Crippen LogP contribution in [0.2, 0.25) is 5.15 Å². The molecule has 1 aliphatic rings. The van der Waals surface area contributed by atoms with Crippen molar-refractivity contribution >= 4 is 41.0 Å². The van der Waals surface area contributed by atoms with Crippen LogP contribution in [0.4, 0.5) is 5.82 Å². The number of piperazine rings is 1. The predicted molar refractivity (Wildman–Crippen MR) is 64.2 cm³/mol. The Bertz CT molecular complexity index is 466. The van der Waals surface area contributed by atoms with Crippen molar-refractivity contribution in [3.05, 3.63) is 11.2 Å². The fraction of sp³-hybridized carbons (Fsp3) is 0.333. The van der Waals surface area contributed by atoms with E-state index >= 15 is 0 Å². The Morgan fingerprint density at radius 3 is 2.59 bits per heavy atom. The zero-order valence-corrected chi connectivity index (χ0v) is 10.5. The van der Waals surface area contributed by atoms with E-state index in [1.807, 2.05) is 6.26 Å². The second-order valence-corrected chi connectivity index (χ2v) is 4.52. The summed E-state index contributed by atoms with van der Waals surface area (Å²) in [5, 5.41) is 3.02. The number of hydrogen-bond acceptors (Lipinski definition) is 6. The highest BCUT2D eigenvalue weighted by Crippen LogP contribution is 2.20. The second kappa shape index (κ2) is 4.89. The summed E-state index contributed by atoms with van der Waals surface area (Å²) < 4.78 is 0. The molecule has 0 saturated carbocycles. The Balaban J connectivity index is 2.29. The molecule has 90 valence electrons. The molecule has 0 aliphatic carbocycles. The number of thioether (sulfide) groups is 1. The maximum absolute atomic E-state index is 11.2. The number of carbonyl (C=O) groups excluding carboxylic acids is 2. The van der Waals surface area contributed by atoms with Gasteiger partial charge in [-0.1, -0.05) is 23.4 Å². The highest BCUT2D eigenvalue weighted by molar-refractivity contribution is 7.98. The number of anilines is 1. The number of imide groups is 1. The maximum atomic E-state index is 11.2. The van der Waals surface area contributed by atoms with Gasteiger partial charge in [-0.05, 0) is 6.26 Å². The van der Waals surface area contributed by atoms with Crippen LogP contribution in [0.15, 0.2) is 11.2 Å². The van der Waals surface area contributed by atoms with Crippen LogP contribution in [-0.2, 0) is 9.59 Å². The van der Waals surface area contributed by atoms with Crippen molar-refractivity contribution in [2.24, 2.45) is 0 Å². The lowest BCUT2D eigenvalue weighted by molar-refractivity contribution is -0.130. The molecule has 2 heterocycles. The minimum absolute atomic E-state index is 0.0902. The van der Waals surface area contributed by atoms with Gasteiger partial charge in [0.2, 0.25) is 11.8 Å². The van der Waals surface area contributed by atoms with Gasteiger partial charge in [-0.3, -0.25) is 14.9 Å². The van der Waals surface area contributed by atoms with Gasteiger partial charge in [-0.2, -0.15) is 0 Å². The first-order valence-corrected chi connectivity index (χ1v) is 6.35. The van der Waals surface area contributed by atoms with Crippen LogP contribution in [-0.4, -0.2) is 41.1 Å². The standard InChI is InChI=1S/C9H9ClN4O2S/c1-17-9-11-5(10)2-6(12-9)14-3-7(15)13-8(16)4-14/h2H,3-4H2,1H3,(H,13,15,16). The van der Waals surface area contributed by atoms with Gasteiger partial charge >= 0.3 is 0 Å². The molecule has 1 N–H and O–H groups in total. The monoisotopic (exact) mass is 272 g/mol. The number of nitrogens with one attached hydrogen (secondary N) is 1. The van der Waals surface area contributed by atoms with E-state index in [1.54, 1.807) is 4.90 Å². The van der Waals surface area contributed by atoms with E-state index in [2.05, 4.69) is 15.3 Å². The predicted octanol–water partition coefficient (Wildman–Crippen LogP) is 0.315. The van der Waals surface area contributed by atoms with Crippen LogP contribution in [0, 0.1) is 0 Å². The van der Waals surface area contributed by atoms with Gasteiger partial charge in [0.25, 0.3) is 0 Å². The van der Waals surface area contributed by atoms with E-state index in [1.165, 1.54) is 17.8 Å². The third kappa shape index (κ3) is 2.86. The van der Waals surface area contributed by atoms with Crippen LogP contribution in [0.1, 0.15) is 0 Å². The fourth-order valence-corrected chi connectivity index (χ4v) is 2.04. The minimum atomic E-state index is -0.346. The molecule has 1 aromatic rings. The molecule has 1 saturated heterocycles. The van der Waals surface area contributed by atoms with Gasteiger partial charge in [0.05, 0.1) is 13.1 Å². The molecule has 1 fully saturated rings. The van der Waals surface area contributed by atoms with Gasteiger partial charge < -0.3 is 4.90 Å². The molecule has 8 heteroatoms. The Hall–Kier alpha value is -1.34. The summed E-state index contributed by atoms with van der Waals surface area (Å²) in [6, 6.07) is 1.53. The lowest BCUT2D eigenvalue weighted by Crippen LogP contribution is -2.51. The van der Waals surface area contributed by atoms with Gasteiger partial charge in [-0.25, -0.2) is 9.97 Å². The van der Waals surface area contributed by atoms with Gasteiger partial charge in [0, 0.05) is 6.07 Å². The molecule has 0 radical (unpaired) electrons. The Kier molecular flexibility index (Phi) is 3.49. The molecule has 0 unspecified atom stereocenters. The van der Waals surface area contributed by atoms with Crippen LogP contribution >= 0.6 is 23.4 Å². The largest absolute Gasteiger partial charge is 0.338 e. The molecule has 1 aromatic heterocycles. The van der Waals surface area contributed by atoms with Crippen LogP contribution in [0.25, 0.3) is 0 Å². The van der Waals surface area contributed by atoms with Crippen molar-refractivity contribution in [3.8, 4) is 0 Å². The molecule has 0 aromatic carbocycles. The summed E-state index contributed by atoms with van der Waals surface area (Å²) in [7, 11) is 0. The van der Waals surface area contributed by atoms with E-state index in [-0.39, 0.29) is 30.1 Å². The third-order valence-electron chi connectivity index (χ3n) is 2.12. The lowest BCUT2D eigenvalue weighted by atomic mass is 10.3. The molecule has 2 rings (SSSR count). The lowest BCUT2D eigenvalue weighted by Gasteiger charge is -2.26. The molecular weight excluding hydrogens is 264 g/mol. The number of rotatable bonds is 2. The number of nitrogens with zero attached hydrogens (tertiary/aromatic N) is 3. The van der Waals surface area contributed by atoms with Crippen LogP contribution < -0.4 is 10.2 Å². The summed E-state index contributed by atoms with van der Waals surface area (Å²) in [6.07, 6.45) is 1.82. The van der Waals surface area contributed by atoms with Gasteiger partial charge in [0.1, 0.15) is 11.0 Å². The molecular formula is C9H9ClN4O2S. The highest BCUT2D eigenvalue weighted by Gasteiger charge is 2.24. The van der Waals surface area contributed by atoms with Crippen molar-refractivity contribution < 1.29 is 9.59 Å². The van der Waals surface area contributed by atoms with Crippen molar-refractivity contribution in [1.29, 1.82) is 0 Å². The smallest absolute Gasteiger partial charge is 0.246 e. The topological polar surface area (TPSA) is 75.2 Å². The molecule has 0 bridgehead atoms. The summed E-state index contributed by atoms with van der Waals surface area (Å²) in [5.41, 5.74) is 0. The highest BCUT2D eigenvalue weighted by atomic mass is 35.5. The Morgan fingerprint density at radius 2 is 2.00 bits per heavy atom. The van der Waals surface area contributed by atoms with Crippen LogP contribution in [0.5, 0.6) is 0 Å². The number of amides is 2. The zero-order chi connectivity index (χ0) is 12.4. The first kappa shape index (κ1) is 12.1.